The molecule has 0 N–H and O–H groups in total. The molecular weight excluding hydrogens is 376 g/mol. The van der Waals surface area contributed by atoms with Crippen LogP contribution in [0.25, 0.3) is 11.3 Å². The molecule has 0 amide bonds. The van der Waals surface area contributed by atoms with Gasteiger partial charge in [-0.15, -0.1) is 0 Å². The monoisotopic (exact) mass is 406 g/mol. The first kappa shape index (κ1) is 19.3. The summed E-state index contributed by atoms with van der Waals surface area (Å²) in [5.74, 6) is 2.13. The van der Waals surface area contributed by atoms with Crippen molar-refractivity contribution < 1.29 is 4.74 Å². The second-order valence-electron chi connectivity index (χ2n) is 8.60. The first-order valence-electron chi connectivity index (χ1n) is 10.7. The highest BCUT2D eigenvalue weighted by molar-refractivity contribution is 5.57. The number of nitrogens with zero attached hydrogens (tertiary/aromatic N) is 6. The first-order valence-corrected chi connectivity index (χ1v) is 10.7. The maximum Gasteiger partial charge on any atom is 0.129 e. The number of hydrogen-bond donors (Lipinski definition) is 0. The molecule has 0 radical (unpaired) electrons. The minimum Gasteiger partial charge on any atom is -0.497 e. The van der Waals surface area contributed by atoms with Gasteiger partial charge in [-0.3, -0.25) is 14.5 Å². The number of rotatable bonds is 4. The number of piperidine rings is 1. The van der Waals surface area contributed by atoms with Gasteiger partial charge in [-0.1, -0.05) is 12.1 Å². The Morgan fingerprint density at radius 1 is 1.00 bits per heavy atom. The van der Waals surface area contributed by atoms with Crippen LogP contribution in [-0.4, -0.2) is 62.9 Å². The van der Waals surface area contributed by atoms with E-state index in [1.54, 1.807) is 7.11 Å². The second kappa shape index (κ2) is 7.56. The van der Waals surface area contributed by atoms with Crippen molar-refractivity contribution in [1.82, 2.24) is 29.1 Å². The highest BCUT2D eigenvalue weighted by Gasteiger charge is 2.45. The molecule has 2 aliphatic heterocycles. The molecule has 5 rings (SSSR count). The summed E-state index contributed by atoms with van der Waals surface area (Å²) in [5.41, 5.74) is 3.69. The number of hydrogen-bond acceptors (Lipinski definition) is 5. The highest BCUT2D eigenvalue weighted by atomic mass is 16.5. The number of aryl methyl sites for hydroxylation is 1. The molecule has 7 heteroatoms. The molecule has 4 heterocycles. The predicted octanol–water partition coefficient (Wildman–Crippen LogP) is 2.73. The van der Waals surface area contributed by atoms with Gasteiger partial charge in [-0.05, 0) is 37.6 Å². The molecule has 3 aromatic rings. The van der Waals surface area contributed by atoms with Crippen LogP contribution in [0.15, 0.2) is 42.9 Å². The standard InChI is InChI=1S/C23H30N6O/c1-26-12-13-29-21(19-14-25-27(2)17-19)15-24-22(29)23(26)8-10-28(11-9-23)16-18-4-6-20(30-3)7-5-18/h4-7,14-15,17H,8-13,16H2,1-3H3. The van der Waals surface area contributed by atoms with Crippen molar-refractivity contribution in [3.05, 3.63) is 54.2 Å². The zero-order valence-corrected chi connectivity index (χ0v) is 18.1. The zero-order valence-electron chi connectivity index (χ0n) is 18.1. The van der Waals surface area contributed by atoms with Crippen molar-refractivity contribution in [2.75, 3.05) is 33.8 Å². The lowest BCUT2D eigenvalue weighted by Gasteiger charge is -2.49. The van der Waals surface area contributed by atoms with Gasteiger partial charge in [0.25, 0.3) is 0 Å². The van der Waals surface area contributed by atoms with Gasteiger partial charge in [-0.2, -0.15) is 5.10 Å². The van der Waals surface area contributed by atoms with Crippen LogP contribution in [0.3, 0.4) is 0 Å². The minimum atomic E-state index is 0.0229. The van der Waals surface area contributed by atoms with Crippen LogP contribution in [-0.2, 0) is 25.7 Å². The third-order valence-corrected chi connectivity index (χ3v) is 6.91. The molecule has 0 saturated carbocycles. The van der Waals surface area contributed by atoms with E-state index in [2.05, 4.69) is 44.8 Å². The number of fused-ring (bicyclic) bond motifs is 2. The molecule has 0 aliphatic carbocycles. The fraction of sp³-hybridized carbons (Fsp3) is 0.478. The molecule has 2 aromatic heterocycles. The van der Waals surface area contributed by atoms with E-state index in [-0.39, 0.29) is 5.54 Å². The van der Waals surface area contributed by atoms with Crippen molar-refractivity contribution in [2.45, 2.75) is 31.5 Å². The Bertz CT molecular complexity index is 1010. The minimum absolute atomic E-state index is 0.0229. The largest absolute Gasteiger partial charge is 0.497 e. The average molecular weight is 407 g/mol. The zero-order chi connectivity index (χ0) is 20.7. The van der Waals surface area contributed by atoms with Gasteiger partial charge in [-0.25, -0.2) is 4.98 Å². The number of ether oxygens (including phenoxy) is 1. The van der Waals surface area contributed by atoms with Gasteiger partial charge in [0.2, 0.25) is 0 Å². The van der Waals surface area contributed by atoms with E-state index in [1.165, 1.54) is 17.1 Å². The Morgan fingerprint density at radius 3 is 2.43 bits per heavy atom. The Hall–Kier alpha value is -2.64. The Morgan fingerprint density at radius 2 is 1.77 bits per heavy atom. The van der Waals surface area contributed by atoms with E-state index in [1.807, 2.05) is 36.3 Å². The van der Waals surface area contributed by atoms with Crippen LogP contribution in [0, 0.1) is 0 Å². The summed E-state index contributed by atoms with van der Waals surface area (Å²) in [5, 5.41) is 4.35. The van der Waals surface area contributed by atoms with E-state index in [0.717, 1.165) is 56.9 Å². The number of aromatic nitrogens is 4. The van der Waals surface area contributed by atoms with Crippen molar-refractivity contribution >= 4 is 0 Å². The summed E-state index contributed by atoms with van der Waals surface area (Å²) in [6.07, 6.45) is 8.25. The van der Waals surface area contributed by atoms with Crippen molar-refractivity contribution in [2.24, 2.45) is 7.05 Å². The van der Waals surface area contributed by atoms with Crippen molar-refractivity contribution in [3.8, 4) is 17.0 Å². The quantitative estimate of drug-likeness (QED) is 0.667. The van der Waals surface area contributed by atoms with Crippen molar-refractivity contribution in [3.63, 3.8) is 0 Å². The van der Waals surface area contributed by atoms with Crippen LogP contribution in [0.1, 0.15) is 24.2 Å². The predicted molar refractivity (Wildman–Crippen MR) is 116 cm³/mol. The SMILES string of the molecule is COc1ccc(CN2CCC3(CC2)c2ncc(-c4cnn(C)c4)n2CCN3C)cc1. The second-order valence-corrected chi connectivity index (χ2v) is 8.60. The molecule has 158 valence electrons. The topological polar surface area (TPSA) is 51.4 Å². The van der Waals surface area contributed by atoms with Crippen LogP contribution in [0.4, 0.5) is 0 Å². The molecule has 1 aromatic carbocycles. The maximum absolute atomic E-state index is 5.28. The number of imidazole rings is 1. The van der Waals surface area contributed by atoms with Crippen LogP contribution < -0.4 is 4.74 Å². The Labute approximate surface area is 177 Å². The summed E-state index contributed by atoms with van der Waals surface area (Å²) in [4.78, 5) is 10.0. The van der Waals surface area contributed by atoms with Gasteiger partial charge in [0.1, 0.15) is 11.6 Å². The lowest BCUT2D eigenvalue weighted by atomic mass is 9.83. The Balaban J connectivity index is 1.35. The third-order valence-electron chi connectivity index (χ3n) is 6.91. The molecule has 7 nitrogen and oxygen atoms in total. The van der Waals surface area contributed by atoms with Gasteiger partial charge >= 0.3 is 0 Å². The smallest absolute Gasteiger partial charge is 0.129 e. The molecule has 0 bridgehead atoms. The first-order chi connectivity index (χ1) is 14.6. The fourth-order valence-corrected chi connectivity index (χ4v) is 5.07. The molecule has 1 saturated heterocycles. The lowest BCUT2D eigenvalue weighted by Crippen LogP contribution is -2.56. The van der Waals surface area contributed by atoms with Gasteiger partial charge in [0, 0.05) is 51.5 Å². The van der Waals surface area contributed by atoms with E-state index >= 15 is 0 Å². The van der Waals surface area contributed by atoms with Crippen LogP contribution in [0.5, 0.6) is 5.75 Å². The molecule has 30 heavy (non-hydrogen) atoms. The maximum atomic E-state index is 5.28. The van der Waals surface area contributed by atoms with E-state index in [9.17, 15) is 0 Å². The molecule has 1 spiro atoms. The van der Waals surface area contributed by atoms with Gasteiger partial charge < -0.3 is 9.30 Å². The normalized spacial score (nSPS) is 19.2. The third kappa shape index (κ3) is 3.22. The summed E-state index contributed by atoms with van der Waals surface area (Å²) in [7, 11) is 5.94. The van der Waals surface area contributed by atoms with Crippen molar-refractivity contribution in [1.29, 1.82) is 0 Å². The summed E-state index contributed by atoms with van der Waals surface area (Å²) < 4.78 is 9.57. The molecule has 0 atom stereocenters. The molecule has 0 unspecified atom stereocenters. The molecule has 2 aliphatic rings. The van der Waals surface area contributed by atoms with E-state index in [4.69, 9.17) is 9.72 Å². The highest BCUT2D eigenvalue weighted by Crippen LogP contribution is 2.41. The summed E-state index contributed by atoms with van der Waals surface area (Å²) >= 11 is 0. The number of benzene rings is 1. The van der Waals surface area contributed by atoms with Gasteiger partial charge in [0.15, 0.2) is 0 Å². The average Bonchev–Trinajstić information content (AvgIpc) is 3.39. The number of methoxy groups -OCH3 is 1. The van der Waals surface area contributed by atoms with Crippen LogP contribution >= 0.6 is 0 Å². The summed E-state index contributed by atoms with van der Waals surface area (Å²) in [6.45, 7) is 5.17. The van der Waals surface area contributed by atoms with Gasteiger partial charge in [0.05, 0.1) is 30.7 Å². The Kier molecular flexibility index (Phi) is 4.87. The molecule has 1 fully saturated rings. The van der Waals surface area contributed by atoms with E-state index in [0.29, 0.717) is 0 Å². The fourth-order valence-electron chi connectivity index (χ4n) is 5.07. The lowest BCUT2D eigenvalue weighted by molar-refractivity contribution is 0.00700. The van der Waals surface area contributed by atoms with E-state index < -0.39 is 0 Å². The molecular formula is C23H30N6O. The number of likely N-dealkylation sites (N-methyl/N-ethyl adjacent to an activating group) is 1. The number of likely N-dealkylation sites (tertiary alicyclic amines) is 1. The summed E-state index contributed by atoms with van der Waals surface area (Å²) in [6, 6.07) is 8.44. The van der Waals surface area contributed by atoms with Crippen LogP contribution in [0.2, 0.25) is 0 Å².